The summed E-state index contributed by atoms with van der Waals surface area (Å²) in [6.07, 6.45) is 8.15. The van der Waals surface area contributed by atoms with E-state index in [1.54, 1.807) is 7.11 Å². The van der Waals surface area contributed by atoms with Crippen molar-refractivity contribution in [2.45, 2.75) is 39.2 Å². The summed E-state index contributed by atoms with van der Waals surface area (Å²) in [5.74, 6) is 2.29. The maximum atomic E-state index is 5.48. The van der Waals surface area contributed by atoms with Gasteiger partial charge in [-0.2, -0.15) is 0 Å². The molecule has 0 unspecified atom stereocenters. The molecule has 0 spiro atoms. The minimum atomic E-state index is 0.521. The number of rotatable bonds is 4. The fourth-order valence-corrected chi connectivity index (χ4v) is 3.89. The predicted octanol–water partition coefficient (Wildman–Crippen LogP) is 4.03. The molecule has 1 aliphatic rings. The van der Waals surface area contributed by atoms with Gasteiger partial charge in [0.25, 0.3) is 0 Å². The Balaban J connectivity index is 1.44. The average molecular weight is 362 g/mol. The smallest absolute Gasteiger partial charge is 0.125 e. The van der Waals surface area contributed by atoms with E-state index >= 15 is 0 Å². The second kappa shape index (κ2) is 7.61. The molecule has 0 amide bonds. The van der Waals surface area contributed by atoms with Gasteiger partial charge in [0, 0.05) is 47.7 Å². The van der Waals surface area contributed by atoms with Gasteiger partial charge < -0.3 is 4.74 Å². The third kappa shape index (κ3) is 3.93. The number of hydrogen-bond acceptors (Lipinski definition) is 5. The number of hydrogen-bond donors (Lipinski definition) is 0. The maximum Gasteiger partial charge on any atom is 0.125 e. The van der Waals surface area contributed by atoms with Gasteiger partial charge in [-0.05, 0) is 68.9 Å². The van der Waals surface area contributed by atoms with E-state index in [1.807, 2.05) is 25.5 Å². The van der Waals surface area contributed by atoms with Gasteiger partial charge in [-0.25, -0.2) is 9.97 Å². The third-order valence-corrected chi connectivity index (χ3v) is 5.50. The number of nitrogens with zero attached hydrogens (tertiary/aromatic N) is 4. The van der Waals surface area contributed by atoms with E-state index in [2.05, 4.69) is 40.0 Å². The Morgan fingerprint density at radius 1 is 0.963 bits per heavy atom. The van der Waals surface area contributed by atoms with Crippen LogP contribution in [0.3, 0.4) is 0 Å². The second-order valence-electron chi connectivity index (χ2n) is 7.47. The number of aromatic nitrogens is 3. The fourth-order valence-electron chi connectivity index (χ4n) is 3.89. The van der Waals surface area contributed by atoms with Crippen LogP contribution in [0.1, 0.15) is 41.4 Å². The van der Waals surface area contributed by atoms with E-state index in [9.17, 15) is 0 Å². The van der Waals surface area contributed by atoms with Crippen LogP contribution in [0.25, 0.3) is 10.8 Å². The highest BCUT2D eigenvalue weighted by Crippen LogP contribution is 2.31. The minimum absolute atomic E-state index is 0.521. The number of benzene rings is 1. The molecular weight excluding hydrogens is 336 g/mol. The van der Waals surface area contributed by atoms with E-state index in [1.165, 1.54) is 22.0 Å². The molecule has 1 saturated heterocycles. The lowest BCUT2D eigenvalue weighted by atomic mass is 9.92. The van der Waals surface area contributed by atoms with E-state index in [0.29, 0.717) is 5.92 Å². The quantitative estimate of drug-likeness (QED) is 0.701. The molecule has 27 heavy (non-hydrogen) atoms. The standard InChI is InChI=1S/C22H26N4O/c1-15-8-20-13-25-21(9-19(20)10-22(15)27-3)18-4-6-26(7-5-18)14-17-11-23-16(2)24-12-17/h8-13,18H,4-7,14H2,1-3H3. The molecule has 0 aliphatic carbocycles. The lowest BCUT2D eigenvalue weighted by Gasteiger charge is -2.31. The molecule has 0 N–H and O–H groups in total. The number of fused-ring (bicyclic) bond motifs is 1. The first-order valence-corrected chi connectivity index (χ1v) is 9.56. The van der Waals surface area contributed by atoms with Crippen LogP contribution in [0.5, 0.6) is 5.75 Å². The highest BCUT2D eigenvalue weighted by molar-refractivity contribution is 5.84. The van der Waals surface area contributed by atoms with Gasteiger partial charge in [0.2, 0.25) is 0 Å². The Hall–Kier alpha value is -2.53. The number of aryl methyl sites for hydroxylation is 2. The van der Waals surface area contributed by atoms with E-state index in [0.717, 1.165) is 49.6 Å². The van der Waals surface area contributed by atoms with Gasteiger partial charge in [-0.3, -0.25) is 9.88 Å². The minimum Gasteiger partial charge on any atom is -0.496 e. The predicted molar refractivity (Wildman–Crippen MR) is 107 cm³/mol. The van der Waals surface area contributed by atoms with E-state index in [-0.39, 0.29) is 0 Å². The molecule has 140 valence electrons. The number of methoxy groups -OCH3 is 1. The van der Waals surface area contributed by atoms with Crippen LogP contribution >= 0.6 is 0 Å². The Morgan fingerprint density at radius 2 is 1.70 bits per heavy atom. The van der Waals surface area contributed by atoms with Crippen LogP contribution in [0.15, 0.2) is 36.8 Å². The van der Waals surface area contributed by atoms with Crippen LogP contribution in [0.2, 0.25) is 0 Å². The number of likely N-dealkylation sites (tertiary alicyclic amines) is 1. The van der Waals surface area contributed by atoms with Crippen LogP contribution in [0.4, 0.5) is 0 Å². The number of piperidine rings is 1. The van der Waals surface area contributed by atoms with Crippen molar-refractivity contribution >= 4 is 10.8 Å². The zero-order valence-electron chi connectivity index (χ0n) is 16.3. The van der Waals surface area contributed by atoms with Gasteiger partial charge in [-0.15, -0.1) is 0 Å². The van der Waals surface area contributed by atoms with E-state index < -0.39 is 0 Å². The summed E-state index contributed by atoms with van der Waals surface area (Å²) in [5, 5.41) is 2.38. The van der Waals surface area contributed by atoms with Crippen LogP contribution < -0.4 is 4.74 Å². The van der Waals surface area contributed by atoms with Gasteiger partial charge >= 0.3 is 0 Å². The third-order valence-electron chi connectivity index (χ3n) is 5.50. The summed E-state index contributed by atoms with van der Waals surface area (Å²) in [6.45, 7) is 7.07. The highest BCUT2D eigenvalue weighted by atomic mass is 16.5. The van der Waals surface area contributed by atoms with Gasteiger partial charge in [-0.1, -0.05) is 0 Å². The first-order valence-electron chi connectivity index (χ1n) is 9.56. The van der Waals surface area contributed by atoms with Crippen molar-refractivity contribution in [3.8, 4) is 5.75 Å². The molecule has 1 aromatic carbocycles. The molecule has 0 atom stereocenters. The molecule has 1 fully saturated rings. The second-order valence-corrected chi connectivity index (χ2v) is 7.47. The lowest BCUT2D eigenvalue weighted by Crippen LogP contribution is -2.32. The number of pyridine rings is 1. The molecule has 0 radical (unpaired) electrons. The van der Waals surface area contributed by atoms with Crippen molar-refractivity contribution < 1.29 is 4.74 Å². The van der Waals surface area contributed by atoms with Crippen molar-refractivity contribution in [1.82, 2.24) is 19.9 Å². The van der Waals surface area contributed by atoms with Crippen molar-refractivity contribution in [3.63, 3.8) is 0 Å². The van der Waals surface area contributed by atoms with Crippen molar-refractivity contribution in [2.24, 2.45) is 0 Å². The fraction of sp³-hybridized carbons (Fsp3) is 0.409. The summed E-state index contributed by atoms with van der Waals surface area (Å²) >= 11 is 0. The molecule has 5 heteroatoms. The summed E-state index contributed by atoms with van der Waals surface area (Å²) in [5.41, 5.74) is 3.53. The van der Waals surface area contributed by atoms with Gasteiger partial charge in [0.05, 0.1) is 7.11 Å². The normalized spacial score (nSPS) is 16.0. The summed E-state index contributed by atoms with van der Waals surface area (Å²) < 4.78 is 5.48. The van der Waals surface area contributed by atoms with Crippen molar-refractivity contribution in [3.05, 3.63) is 59.4 Å². The molecule has 5 nitrogen and oxygen atoms in total. The molecule has 3 aromatic rings. The molecule has 2 aromatic heterocycles. The zero-order chi connectivity index (χ0) is 18.8. The zero-order valence-corrected chi connectivity index (χ0v) is 16.3. The van der Waals surface area contributed by atoms with Crippen LogP contribution in [-0.2, 0) is 6.54 Å². The molecule has 1 aliphatic heterocycles. The Labute approximate surface area is 160 Å². The summed E-state index contributed by atoms with van der Waals surface area (Å²) in [7, 11) is 1.73. The monoisotopic (exact) mass is 362 g/mol. The summed E-state index contributed by atoms with van der Waals surface area (Å²) in [6, 6.07) is 6.52. The van der Waals surface area contributed by atoms with Crippen molar-refractivity contribution in [2.75, 3.05) is 20.2 Å². The topological polar surface area (TPSA) is 51.1 Å². The van der Waals surface area contributed by atoms with Gasteiger partial charge in [0.1, 0.15) is 11.6 Å². The molecule has 0 bridgehead atoms. The Bertz CT molecular complexity index is 931. The first-order chi connectivity index (χ1) is 13.1. The van der Waals surface area contributed by atoms with E-state index in [4.69, 9.17) is 9.72 Å². The average Bonchev–Trinajstić information content (AvgIpc) is 2.69. The van der Waals surface area contributed by atoms with Crippen LogP contribution in [0, 0.1) is 13.8 Å². The molecular formula is C22H26N4O. The Kier molecular flexibility index (Phi) is 5.03. The molecule has 3 heterocycles. The summed E-state index contributed by atoms with van der Waals surface area (Å²) in [4.78, 5) is 15.8. The van der Waals surface area contributed by atoms with Gasteiger partial charge in [0.15, 0.2) is 0 Å². The lowest BCUT2D eigenvalue weighted by molar-refractivity contribution is 0.203. The maximum absolute atomic E-state index is 5.48. The van der Waals surface area contributed by atoms with Crippen molar-refractivity contribution in [1.29, 1.82) is 0 Å². The first kappa shape index (κ1) is 17.9. The Morgan fingerprint density at radius 3 is 2.41 bits per heavy atom. The highest BCUT2D eigenvalue weighted by Gasteiger charge is 2.22. The molecule has 4 rings (SSSR count). The number of ether oxygens (including phenoxy) is 1. The van der Waals surface area contributed by atoms with Crippen LogP contribution in [-0.4, -0.2) is 40.1 Å². The largest absolute Gasteiger partial charge is 0.496 e. The SMILES string of the molecule is COc1cc2cc(C3CCN(Cc4cnc(C)nc4)CC3)ncc2cc1C. The molecule has 0 saturated carbocycles.